The molecule has 2 atom stereocenters. The molecule has 1 fully saturated rings. The predicted octanol–water partition coefficient (Wildman–Crippen LogP) is 1.15. The fraction of sp³-hybridized carbons (Fsp3) is 1.00. The zero-order chi connectivity index (χ0) is 8.10. The van der Waals surface area contributed by atoms with E-state index in [0.29, 0.717) is 18.6 Å². The lowest BCUT2D eigenvalue weighted by molar-refractivity contribution is 0.210. The summed E-state index contributed by atoms with van der Waals surface area (Å²) < 4.78 is 0. The first-order chi connectivity index (χ1) is 5.33. The summed E-state index contributed by atoms with van der Waals surface area (Å²) in [6, 6.07) is 0.672. The van der Waals surface area contributed by atoms with E-state index in [1.54, 1.807) is 0 Å². The minimum atomic E-state index is 0.332. The van der Waals surface area contributed by atoms with Crippen molar-refractivity contribution in [3.63, 3.8) is 0 Å². The van der Waals surface area contributed by atoms with Gasteiger partial charge in [-0.05, 0) is 31.7 Å². The highest BCUT2D eigenvalue weighted by molar-refractivity contribution is 4.73. The van der Waals surface area contributed by atoms with Crippen LogP contribution < -0.4 is 5.32 Å². The van der Waals surface area contributed by atoms with Crippen molar-refractivity contribution < 1.29 is 5.11 Å². The predicted molar refractivity (Wildman–Crippen MR) is 46.5 cm³/mol. The summed E-state index contributed by atoms with van der Waals surface area (Å²) >= 11 is 0. The van der Waals surface area contributed by atoms with Crippen LogP contribution in [0.15, 0.2) is 0 Å². The van der Waals surface area contributed by atoms with Crippen LogP contribution >= 0.6 is 0 Å². The van der Waals surface area contributed by atoms with Gasteiger partial charge in [0.15, 0.2) is 0 Å². The Kier molecular flexibility index (Phi) is 3.87. The summed E-state index contributed by atoms with van der Waals surface area (Å²) in [6.07, 6.45) is 5.11. The van der Waals surface area contributed by atoms with Gasteiger partial charge in [0.05, 0.1) is 0 Å². The molecule has 0 aromatic rings. The molecule has 1 aliphatic rings. The Hall–Kier alpha value is -0.0800. The number of rotatable bonds is 3. The highest BCUT2D eigenvalue weighted by Gasteiger charge is 2.14. The van der Waals surface area contributed by atoms with Crippen molar-refractivity contribution in [1.82, 2.24) is 5.32 Å². The Labute approximate surface area is 69.0 Å². The van der Waals surface area contributed by atoms with E-state index in [4.69, 9.17) is 5.11 Å². The molecule has 0 saturated carbocycles. The molecule has 1 rings (SSSR count). The lowest BCUT2D eigenvalue weighted by atomic mass is 9.96. The highest BCUT2D eigenvalue weighted by Crippen LogP contribution is 2.14. The van der Waals surface area contributed by atoms with E-state index < -0.39 is 0 Å². The van der Waals surface area contributed by atoms with Crippen molar-refractivity contribution in [3.8, 4) is 0 Å². The fourth-order valence-corrected chi connectivity index (χ4v) is 1.69. The molecule has 0 radical (unpaired) electrons. The van der Waals surface area contributed by atoms with E-state index in [9.17, 15) is 0 Å². The van der Waals surface area contributed by atoms with Gasteiger partial charge in [0.25, 0.3) is 0 Å². The Balaban J connectivity index is 2.13. The fourth-order valence-electron chi connectivity index (χ4n) is 1.69. The molecule has 0 aromatic carbocycles. The molecule has 1 aliphatic heterocycles. The van der Waals surface area contributed by atoms with Crippen molar-refractivity contribution in [2.24, 2.45) is 5.92 Å². The summed E-state index contributed by atoms with van der Waals surface area (Å²) in [7, 11) is 0. The quantitative estimate of drug-likeness (QED) is 0.644. The Morgan fingerprint density at radius 2 is 2.36 bits per heavy atom. The molecule has 2 nitrogen and oxygen atoms in total. The molecular weight excluding hydrogens is 138 g/mol. The second kappa shape index (κ2) is 4.73. The van der Waals surface area contributed by atoms with Gasteiger partial charge in [-0.1, -0.05) is 13.3 Å². The van der Waals surface area contributed by atoms with Gasteiger partial charge in [0, 0.05) is 12.6 Å². The third-order valence-corrected chi connectivity index (χ3v) is 2.41. The monoisotopic (exact) mass is 157 g/mol. The summed E-state index contributed by atoms with van der Waals surface area (Å²) in [5, 5.41) is 12.3. The van der Waals surface area contributed by atoms with Crippen LogP contribution in [0.1, 0.15) is 32.6 Å². The van der Waals surface area contributed by atoms with Crippen molar-refractivity contribution in [3.05, 3.63) is 0 Å². The first-order valence-electron chi connectivity index (χ1n) is 4.67. The summed E-state index contributed by atoms with van der Waals surface area (Å²) in [6.45, 7) is 3.61. The van der Waals surface area contributed by atoms with E-state index >= 15 is 0 Å². The van der Waals surface area contributed by atoms with Crippen LogP contribution in [0.2, 0.25) is 0 Å². The second-order valence-corrected chi connectivity index (χ2v) is 3.67. The molecule has 2 heteroatoms. The van der Waals surface area contributed by atoms with Gasteiger partial charge < -0.3 is 10.4 Å². The SMILES string of the molecule is CC(CO)CC1CCCCN1. The van der Waals surface area contributed by atoms with Crippen LogP contribution in [0, 0.1) is 5.92 Å². The average Bonchev–Trinajstić information content (AvgIpc) is 2.06. The van der Waals surface area contributed by atoms with Gasteiger partial charge in [-0.15, -0.1) is 0 Å². The lowest BCUT2D eigenvalue weighted by Crippen LogP contribution is -2.35. The maximum absolute atomic E-state index is 8.84. The maximum atomic E-state index is 8.84. The highest BCUT2D eigenvalue weighted by atomic mass is 16.3. The van der Waals surface area contributed by atoms with Crippen LogP contribution in [0.4, 0.5) is 0 Å². The zero-order valence-electron chi connectivity index (χ0n) is 7.34. The van der Waals surface area contributed by atoms with Gasteiger partial charge in [-0.3, -0.25) is 0 Å². The number of hydrogen-bond donors (Lipinski definition) is 2. The molecule has 2 unspecified atom stereocenters. The van der Waals surface area contributed by atoms with Gasteiger partial charge in [0.1, 0.15) is 0 Å². The second-order valence-electron chi connectivity index (χ2n) is 3.67. The lowest BCUT2D eigenvalue weighted by Gasteiger charge is -2.25. The number of nitrogens with one attached hydrogen (secondary N) is 1. The van der Waals surface area contributed by atoms with Crippen molar-refractivity contribution >= 4 is 0 Å². The van der Waals surface area contributed by atoms with Crippen molar-refractivity contribution in [2.75, 3.05) is 13.2 Å². The molecular formula is C9H19NO. The zero-order valence-corrected chi connectivity index (χ0v) is 7.34. The van der Waals surface area contributed by atoms with Crippen molar-refractivity contribution in [2.45, 2.75) is 38.6 Å². The minimum absolute atomic E-state index is 0.332. The van der Waals surface area contributed by atoms with Gasteiger partial charge in [-0.2, -0.15) is 0 Å². The molecule has 0 aromatic heterocycles. The van der Waals surface area contributed by atoms with Crippen molar-refractivity contribution in [1.29, 1.82) is 0 Å². The van der Waals surface area contributed by atoms with Gasteiger partial charge in [0.2, 0.25) is 0 Å². The van der Waals surface area contributed by atoms with E-state index in [-0.39, 0.29) is 0 Å². The molecule has 11 heavy (non-hydrogen) atoms. The topological polar surface area (TPSA) is 32.3 Å². The number of aliphatic hydroxyl groups excluding tert-OH is 1. The number of hydrogen-bond acceptors (Lipinski definition) is 2. The van der Waals surface area contributed by atoms with E-state index in [0.717, 1.165) is 6.42 Å². The van der Waals surface area contributed by atoms with Crippen LogP contribution in [0.25, 0.3) is 0 Å². The molecule has 0 amide bonds. The van der Waals surface area contributed by atoms with Gasteiger partial charge in [-0.25, -0.2) is 0 Å². The van der Waals surface area contributed by atoms with E-state index in [2.05, 4.69) is 12.2 Å². The molecule has 1 heterocycles. The molecule has 0 spiro atoms. The molecule has 66 valence electrons. The Morgan fingerprint density at radius 1 is 1.55 bits per heavy atom. The normalized spacial score (nSPS) is 28.4. The first kappa shape index (κ1) is 9.01. The molecule has 1 saturated heterocycles. The summed E-state index contributed by atoms with van der Waals surface area (Å²) in [4.78, 5) is 0. The molecule has 0 aliphatic carbocycles. The summed E-state index contributed by atoms with van der Waals surface area (Å²) in [5.41, 5.74) is 0. The van der Waals surface area contributed by atoms with Crippen LogP contribution in [-0.2, 0) is 0 Å². The van der Waals surface area contributed by atoms with E-state index in [1.165, 1.54) is 25.8 Å². The average molecular weight is 157 g/mol. The smallest absolute Gasteiger partial charge is 0.0457 e. The van der Waals surface area contributed by atoms with Gasteiger partial charge >= 0.3 is 0 Å². The van der Waals surface area contributed by atoms with E-state index in [1.807, 2.05) is 0 Å². The Bertz CT molecular complexity index is 99.7. The Morgan fingerprint density at radius 3 is 2.91 bits per heavy atom. The largest absolute Gasteiger partial charge is 0.396 e. The molecule has 0 bridgehead atoms. The first-order valence-corrected chi connectivity index (χ1v) is 4.67. The van der Waals surface area contributed by atoms with Crippen LogP contribution in [-0.4, -0.2) is 24.3 Å². The number of aliphatic hydroxyl groups is 1. The maximum Gasteiger partial charge on any atom is 0.0457 e. The van der Waals surface area contributed by atoms with Crippen LogP contribution in [0.5, 0.6) is 0 Å². The summed E-state index contributed by atoms with van der Waals surface area (Å²) in [5.74, 6) is 0.464. The third-order valence-electron chi connectivity index (χ3n) is 2.41. The van der Waals surface area contributed by atoms with Crippen LogP contribution in [0.3, 0.4) is 0 Å². The third kappa shape index (κ3) is 3.21. The minimum Gasteiger partial charge on any atom is -0.396 e. The molecule has 2 N–H and O–H groups in total. The standard InChI is InChI=1S/C9H19NO/c1-8(7-11)6-9-4-2-3-5-10-9/h8-11H,2-7H2,1H3. The number of piperidine rings is 1.